The molecule has 0 amide bonds. The fourth-order valence-corrected chi connectivity index (χ4v) is 1.98. The number of carboxylic acid groups (broad SMARTS) is 2. The van der Waals surface area contributed by atoms with Crippen molar-refractivity contribution in [3.63, 3.8) is 0 Å². The molecular formula is C16H15NO5. The van der Waals surface area contributed by atoms with Crippen LogP contribution in [0.25, 0.3) is 0 Å². The molecule has 0 radical (unpaired) electrons. The van der Waals surface area contributed by atoms with Gasteiger partial charge in [0.2, 0.25) is 5.88 Å². The van der Waals surface area contributed by atoms with Gasteiger partial charge in [-0.15, -0.1) is 0 Å². The van der Waals surface area contributed by atoms with Crippen LogP contribution in [0.2, 0.25) is 0 Å². The molecule has 0 saturated carbocycles. The number of aromatic nitrogens is 1. The standard InChI is InChI=1S/C16H15NO5/c1-2-13-11(15(18)19)8-12(16(20)21)14(17-13)22-9-10-6-4-3-5-7-10/h3-8H,2,9H2,1H3,(H,18,19)(H,20,21). The maximum Gasteiger partial charge on any atom is 0.341 e. The topological polar surface area (TPSA) is 96.7 Å². The van der Waals surface area contributed by atoms with Crippen molar-refractivity contribution < 1.29 is 24.5 Å². The third-order valence-corrected chi connectivity index (χ3v) is 3.08. The summed E-state index contributed by atoms with van der Waals surface area (Å²) in [6, 6.07) is 10.3. The lowest BCUT2D eigenvalue weighted by Crippen LogP contribution is -2.12. The number of ether oxygens (including phenoxy) is 1. The summed E-state index contributed by atoms with van der Waals surface area (Å²) in [5, 5.41) is 18.3. The highest BCUT2D eigenvalue weighted by atomic mass is 16.5. The van der Waals surface area contributed by atoms with Crippen LogP contribution in [0, 0.1) is 0 Å². The lowest BCUT2D eigenvalue weighted by Gasteiger charge is -2.11. The number of aromatic carboxylic acids is 2. The smallest absolute Gasteiger partial charge is 0.341 e. The second-order valence-corrected chi connectivity index (χ2v) is 4.57. The van der Waals surface area contributed by atoms with Crippen LogP contribution >= 0.6 is 0 Å². The zero-order chi connectivity index (χ0) is 16.1. The van der Waals surface area contributed by atoms with Gasteiger partial charge in [0.1, 0.15) is 12.2 Å². The van der Waals surface area contributed by atoms with Crippen LogP contribution in [0.15, 0.2) is 36.4 Å². The maximum absolute atomic E-state index is 11.3. The van der Waals surface area contributed by atoms with E-state index in [0.717, 1.165) is 11.6 Å². The fourth-order valence-electron chi connectivity index (χ4n) is 1.98. The molecule has 1 aromatic heterocycles. The van der Waals surface area contributed by atoms with Crippen LogP contribution in [0.4, 0.5) is 0 Å². The molecule has 0 aliphatic heterocycles. The molecule has 1 heterocycles. The Morgan fingerprint density at radius 3 is 2.27 bits per heavy atom. The van der Waals surface area contributed by atoms with Gasteiger partial charge >= 0.3 is 11.9 Å². The van der Waals surface area contributed by atoms with Crippen LogP contribution in [0.3, 0.4) is 0 Å². The average Bonchev–Trinajstić information content (AvgIpc) is 2.52. The molecule has 0 aliphatic rings. The van der Waals surface area contributed by atoms with Crippen molar-refractivity contribution in [2.45, 2.75) is 20.0 Å². The average molecular weight is 301 g/mol. The van der Waals surface area contributed by atoms with Crippen LogP contribution in [0.1, 0.15) is 38.9 Å². The Morgan fingerprint density at radius 2 is 1.73 bits per heavy atom. The molecule has 0 fully saturated rings. The number of nitrogens with zero attached hydrogens (tertiary/aromatic N) is 1. The van der Waals surface area contributed by atoms with Crippen molar-refractivity contribution in [2.24, 2.45) is 0 Å². The first-order valence-electron chi connectivity index (χ1n) is 6.70. The van der Waals surface area contributed by atoms with Gasteiger partial charge < -0.3 is 14.9 Å². The van der Waals surface area contributed by atoms with Crippen molar-refractivity contribution in [3.8, 4) is 5.88 Å². The Labute approximate surface area is 127 Å². The Balaban J connectivity index is 2.36. The maximum atomic E-state index is 11.3. The number of rotatable bonds is 6. The van der Waals surface area contributed by atoms with Gasteiger partial charge in [-0.2, -0.15) is 0 Å². The molecule has 6 nitrogen and oxygen atoms in total. The highest BCUT2D eigenvalue weighted by Gasteiger charge is 2.20. The number of benzene rings is 1. The lowest BCUT2D eigenvalue weighted by molar-refractivity contribution is 0.0690. The van der Waals surface area contributed by atoms with Gasteiger partial charge in [-0.05, 0) is 18.1 Å². The van der Waals surface area contributed by atoms with Gasteiger partial charge in [0, 0.05) is 0 Å². The largest absolute Gasteiger partial charge is 0.478 e. The molecule has 2 N–H and O–H groups in total. The minimum absolute atomic E-state index is 0.0711. The predicted molar refractivity (Wildman–Crippen MR) is 78.3 cm³/mol. The second-order valence-electron chi connectivity index (χ2n) is 4.57. The van der Waals surface area contributed by atoms with Crippen LogP contribution in [-0.4, -0.2) is 27.1 Å². The molecule has 0 atom stereocenters. The highest BCUT2D eigenvalue weighted by Crippen LogP contribution is 2.22. The first-order valence-corrected chi connectivity index (χ1v) is 6.70. The molecule has 1 aromatic carbocycles. The molecule has 114 valence electrons. The molecule has 22 heavy (non-hydrogen) atoms. The second kappa shape index (κ2) is 6.71. The number of pyridine rings is 1. The van der Waals surface area contributed by atoms with E-state index in [4.69, 9.17) is 9.84 Å². The van der Waals surface area contributed by atoms with E-state index in [9.17, 15) is 14.7 Å². The summed E-state index contributed by atoms with van der Waals surface area (Å²) in [6.07, 6.45) is 0.364. The number of hydrogen-bond donors (Lipinski definition) is 2. The van der Waals surface area contributed by atoms with Crippen LogP contribution in [0.5, 0.6) is 5.88 Å². The summed E-state index contributed by atoms with van der Waals surface area (Å²) in [4.78, 5) is 26.5. The van der Waals surface area contributed by atoms with Gasteiger partial charge in [-0.25, -0.2) is 14.6 Å². The Hall–Kier alpha value is -2.89. The Kier molecular flexibility index (Phi) is 4.73. The summed E-state index contributed by atoms with van der Waals surface area (Å²) in [6.45, 7) is 1.90. The van der Waals surface area contributed by atoms with E-state index in [2.05, 4.69) is 4.98 Å². The molecular weight excluding hydrogens is 286 g/mol. The Bertz CT molecular complexity index is 697. The van der Waals surface area contributed by atoms with Gasteiger partial charge in [0.25, 0.3) is 0 Å². The summed E-state index contributed by atoms with van der Waals surface area (Å²) in [7, 11) is 0. The van der Waals surface area contributed by atoms with Gasteiger partial charge in [-0.3, -0.25) is 0 Å². The van der Waals surface area contributed by atoms with E-state index in [0.29, 0.717) is 12.1 Å². The molecule has 6 heteroatoms. The first kappa shape index (κ1) is 15.5. The summed E-state index contributed by atoms with van der Waals surface area (Å²) in [5.74, 6) is -2.56. The van der Waals surface area contributed by atoms with Crippen molar-refractivity contribution >= 4 is 11.9 Å². The highest BCUT2D eigenvalue weighted by molar-refractivity contribution is 5.95. The summed E-state index contributed by atoms with van der Waals surface area (Å²) in [5.41, 5.74) is 0.777. The zero-order valence-corrected chi connectivity index (χ0v) is 11.9. The molecule has 2 aromatic rings. The van der Waals surface area contributed by atoms with Crippen molar-refractivity contribution in [3.05, 3.63) is 58.8 Å². The van der Waals surface area contributed by atoms with E-state index < -0.39 is 11.9 Å². The first-order chi connectivity index (χ1) is 10.5. The van der Waals surface area contributed by atoms with Crippen LogP contribution in [-0.2, 0) is 13.0 Å². The summed E-state index contributed by atoms with van der Waals surface area (Å²) < 4.78 is 5.48. The van der Waals surface area contributed by atoms with E-state index in [1.807, 2.05) is 30.3 Å². The molecule has 0 spiro atoms. The SMILES string of the molecule is CCc1nc(OCc2ccccc2)c(C(=O)O)cc1C(=O)O. The summed E-state index contributed by atoms with van der Waals surface area (Å²) >= 11 is 0. The minimum Gasteiger partial charge on any atom is -0.478 e. The van der Waals surface area contributed by atoms with Crippen molar-refractivity contribution in [1.29, 1.82) is 0 Å². The minimum atomic E-state index is -1.28. The molecule has 0 bridgehead atoms. The van der Waals surface area contributed by atoms with Crippen molar-refractivity contribution in [1.82, 2.24) is 4.98 Å². The molecule has 0 unspecified atom stereocenters. The normalized spacial score (nSPS) is 10.2. The third kappa shape index (κ3) is 3.41. The molecule has 2 rings (SSSR count). The fraction of sp³-hybridized carbons (Fsp3) is 0.188. The lowest BCUT2D eigenvalue weighted by atomic mass is 10.1. The van der Waals surface area contributed by atoms with Gasteiger partial charge in [0.05, 0.1) is 11.3 Å². The predicted octanol–water partition coefficient (Wildman–Crippen LogP) is 2.62. The number of carboxylic acids is 2. The quantitative estimate of drug-likeness (QED) is 0.851. The third-order valence-electron chi connectivity index (χ3n) is 3.08. The van der Waals surface area contributed by atoms with Gasteiger partial charge in [-0.1, -0.05) is 37.3 Å². The number of carbonyl (C=O) groups is 2. The van der Waals surface area contributed by atoms with Gasteiger partial charge in [0.15, 0.2) is 0 Å². The van der Waals surface area contributed by atoms with E-state index >= 15 is 0 Å². The number of aryl methyl sites for hydroxylation is 1. The van der Waals surface area contributed by atoms with Crippen LogP contribution < -0.4 is 4.74 Å². The number of hydrogen-bond acceptors (Lipinski definition) is 4. The Morgan fingerprint density at radius 1 is 1.09 bits per heavy atom. The van der Waals surface area contributed by atoms with E-state index in [1.54, 1.807) is 6.92 Å². The van der Waals surface area contributed by atoms with Crippen molar-refractivity contribution in [2.75, 3.05) is 0 Å². The van der Waals surface area contributed by atoms with E-state index in [1.165, 1.54) is 0 Å². The zero-order valence-electron chi connectivity index (χ0n) is 11.9. The molecule has 0 saturated heterocycles. The monoisotopic (exact) mass is 301 g/mol. The molecule has 0 aliphatic carbocycles. The van der Waals surface area contributed by atoms with E-state index in [-0.39, 0.29) is 23.6 Å².